The standard InChI is InChI=1S/C15H11Cl2N3O4/c1-2-23-15(22)12-13(14(21)20-11(19-12)5-6-18-20)24-8-3-4-9(16)10(17)7-8/h3-7,18H,2H2,1H3. The van der Waals surface area contributed by atoms with Crippen LogP contribution in [-0.4, -0.2) is 27.2 Å². The fourth-order valence-corrected chi connectivity index (χ4v) is 2.32. The first-order valence-corrected chi connectivity index (χ1v) is 7.67. The van der Waals surface area contributed by atoms with E-state index in [0.717, 1.165) is 4.52 Å². The summed E-state index contributed by atoms with van der Waals surface area (Å²) in [6.07, 6.45) is 1.52. The Labute approximate surface area is 145 Å². The van der Waals surface area contributed by atoms with Crippen LogP contribution in [0.2, 0.25) is 10.0 Å². The highest BCUT2D eigenvalue weighted by atomic mass is 35.5. The number of esters is 1. The minimum atomic E-state index is -0.756. The summed E-state index contributed by atoms with van der Waals surface area (Å²) in [4.78, 5) is 28.8. The van der Waals surface area contributed by atoms with E-state index < -0.39 is 11.5 Å². The maximum Gasteiger partial charge on any atom is 0.361 e. The highest BCUT2D eigenvalue weighted by Gasteiger charge is 2.23. The van der Waals surface area contributed by atoms with Gasteiger partial charge in [0.25, 0.3) is 0 Å². The molecule has 0 atom stereocenters. The first-order chi connectivity index (χ1) is 11.5. The van der Waals surface area contributed by atoms with Gasteiger partial charge in [-0.05, 0) is 19.1 Å². The van der Waals surface area contributed by atoms with Crippen LogP contribution in [0.4, 0.5) is 0 Å². The number of aromatic nitrogens is 3. The summed E-state index contributed by atoms with van der Waals surface area (Å²) < 4.78 is 11.7. The number of ether oxygens (including phenoxy) is 2. The van der Waals surface area contributed by atoms with Crippen molar-refractivity contribution < 1.29 is 14.3 Å². The fraction of sp³-hybridized carbons (Fsp3) is 0.133. The minimum Gasteiger partial charge on any atom is -0.461 e. The summed E-state index contributed by atoms with van der Waals surface area (Å²) in [5, 5.41) is 3.28. The number of halogens is 2. The van der Waals surface area contributed by atoms with Gasteiger partial charge in [-0.2, -0.15) is 4.52 Å². The second-order valence-corrected chi connectivity index (χ2v) is 5.46. The third kappa shape index (κ3) is 2.95. The van der Waals surface area contributed by atoms with E-state index in [1.54, 1.807) is 13.0 Å². The molecule has 0 saturated carbocycles. The number of benzene rings is 1. The van der Waals surface area contributed by atoms with Gasteiger partial charge in [-0.15, -0.1) is 0 Å². The first-order valence-electron chi connectivity index (χ1n) is 6.91. The smallest absolute Gasteiger partial charge is 0.361 e. The fourth-order valence-electron chi connectivity index (χ4n) is 2.03. The van der Waals surface area contributed by atoms with Gasteiger partial charge in [0.2, 0.25) is 5.75 Å². The second kappa shape index (κ2) is 6.54. The highest BCUT2D eigenvalue weighted by Crippen LogP contribution is 2.29. The van der Waals surface area contributed by atoms with E-state index in [-0.39, 0.29) is 34.5 Å². The average molecular weight is 368 g/mol. The largest absolute Gasteiger partial charge is 0.461 e. The molecule has 0 bridgehead atoms. The zero-order valence-corrected chi connectivity index (χ0v) is 13.9. The van der Waals surface area contributed by atoms with E-state index in [1.165, 1.54) is 24.4 Å². The van der Waals surface area contributed by atoms with Crippen molar-refractivity contribution in [3.63, 3.8) is 0 Å². The summed E-state index contributed by atoms with van der Waals surface area (Å²) >= 11 is 11.8. The minimum absolute atomic E-state index is 0.138. The number of nitrogens with one attached hydrogen (secondary N) is 1. The lowest BCUT2D eigenvalue weighted by atomic mass is 10.3. The van der Waals surface area contributed by atoms with Crippen molar-refractivity contribution in [3.8, 4) is 11.5 Å². The van der Waals surface area contributed by atoms with Crippen LogP contribution in [0.1, 0.15) is 17.4 Å². The number of H-pyrrole nitrogens is 1. The normalized spacial score (nSPS) is 10.8. The first kappa shape index (κ1) is 16.4. The van der Waals surface area contributed by atoms with Crippen LogP contribution in [0.25, 0.3) is 5.65 Å². The van der Waals surface area contributed by atoms with Crippen LogP contribution < -0.4 is 10.3 Å². The lowest BCUT2D eigenvalue weighted by molar-refractivity contribution is 0.0516. The van der Waals surface area contributed by atoms with Gasteiger partial charge in [-0.1, -0.05) is 23.2 Å². The molecule has 0 radical (unpaired) electrons. The summed E-state index contributed by atoms with van der Waals surface area (Å²) in [6.45, 7) is 1.79. The number of carbonyl (C=O) groups is 1. The number of hydrogen-bond acceptors (Lipinski definition) is 5. The molecular formula is C15H11Cl2N3O4. The van der Waals surface area contributed by atoms with Crippen LogP contribution in [-0.2, 0) is 4.74 Å². The predicted octanol–water partition coefficient (Wildman–Crippen LogP) is 3.30. The van der Waals surface area contributed by atoms with Crippen LogP contribution in [0, 0.1) is 0 Å². The zero-order valence-electron chi connectivity index (χ0n) is 12.4. The van der Waals surface area contributed by atoms with E-state index >= 15 is 0 Å². The second-order valence-electron chi connectivity index (χ2n) is 4.65. The quantitative estimate of drug-likeness (QED) is 0.715. The molecule has 3 rings (SSSR count). The van der Waals surface area contributed by atoms with Crippen LogP contribution in [0.3, 0.4) is 0 Å². The number of aromatic amines is 1. The Morgan fingerprint density at radius 3 is 2.79 bits per heavy atom. The summed E-state index contributed by atoms with van der Waals surface area (Å²) in [7, 11) is 0. The van der Waals surface area contributed by atoms with Crippen molar-refractivity contribution in [2.75, 3.05) is 6.61 Å². The molecule has 0 saturated heterocycles. The SMILES string of the molecule is CCOC(=O)c1nc2cc[nH]n2c(=O)c1Oc1ccc(Cl)c(Cl)c1. The molecule has 9 heteroatoms. The molecule has 24 heavy (non-hydrogen) atoms. The number of carbonyl (C=O) groups excluding carboxylic acids is 1. The third-order valence-electron chi connectivity index (χ3n) is 3.08. The molecule has 2 heterocycles. The molecule has 1 N–H and O–H groups in total. The molecule has 0 fully saturated rings. The molecular weight excluding hydrogens is 357 g/mol. The Morgan fingerprint density at radius 1 is 1.29 bits per heavy atom. The van der Waals surface area contributed by atoms with Gasteiger partial charge >= 0.3 is 11.5 Å². The number of hydrogen-bond donors (Lipinski definition) is 1. The van der Waals surface area contributed by atoms with Crippen molar-refractivity contribution in [1.29, 1.82) is 0 Å². The van der Waals surface area contributed by atoms with Crippen molar-refractivity contribution >= 4 is 34.8 Å². The lowest BCUT2D eigenvalue weighted by Crippen LogP contribution is -2.22. The van der Waals surface area contributed by atoms with Crippen LogP contribution in [0.5, 0.6) is 11.5 Å². The van der Waals surface area contributed by atoms with E-state index in [4.69, 9.17) is 32.7 Å². The molecule has 0 aliphatic carbocycles. The Bertz CT molecular complexity index is 980. The third-order valence-corrected chi connectivity index (χ3v) is 3.82. The van der Waals surface area contributed by atoms with Gasteiger partial charge in [0.05, 0.1) is 16.7 Å². The van der Waals surface area contributed by atoms with E-state index in [9.17, 15) is 9.59 Å². The molecule has 1 aromatic carbocycles. The molecule has 7 nitrogen and oxygen atoms in total. The molecule has 0 unspecified atom stereocenters. The van der Waals surface area contributed by atoms with Gasteiger partial charge in [0.1, 0.15) is 5.75 Å². The predicted molar refractivity (Wildman–Crippen MR) is 88.3 cm³/mol. The maximum absolute atomic E-state index is 12.6. The Balaban J connectivity index is 2.14. The highest BCUT2D eigenvalue weighted by molar-refractivity contribution is 6.42. The number of rotatable bonds is 4. The van der Waals surface area contributed by atoms with Gasteiger partial charge in [0.15, 0.2) is 11.3 Å². The molecule has 0 amide bonds. The van der Waals surface area contributed by atoms with Crippen molar-refractivity contribution in [3.05, 3.63) is 56.6 Å². The topological polar surface area (TPSA) is 85.7 Å². The monoisotopic (exact) mass is 367 g/mol. The average Bonchev–Trinajstić information content (AvgIpc) is 3.02. The van der Waals surface area contributed by atoms with E-state index in [0.29, 0.717) is 5.02 Å². The van der Waals surface area contributed by atoms with Crippen molar-refractivity contribution in [2.45, 2.75) is 6.92 Å². The van der Waals surface area contributed by atoms with E-state index in [1.807, 2.05) is 0 Å². The number of fused-ring (bicyclic) bond motifs is 1. The Morgan fingerprint density at radius 2 is 2.08 bits per heavy atom. The van der Waals surface area contributed by atoms with Gasteiger partial charge in [-0.3, -0.25) is 9.89 Å². The molecule has 3 aromatic rings. The molecule has 0 aliphatic heterocycles. The van der Waals surface area contributed by atoms with Crippen LogP contribution in [0.15, 0.2) is 35.3 Å². The Kier molecular flexibility index (Phi) is 4.46. The number of nitrogens with zero attached hydrogens (tertiary/aromatic N) is 2. The Hall–Kier alpha value is -2.51. The lowest BCUT2D eigenvalue weighted by Gasteiger charge is -2.10. The summed E-state index contributed by atoms with van der Waals surface area (Å²) in [5.41, 5.74) is -0.531. The molecule has 0 aliphatic rings. The summed E-state index contributed by atoms with van der Waals surface area (Å²) in [5.74, 6) is -0.791. The van der Waals surface area contributed by atoms with Crippen molar-refractivity contribution in [1.82, 2.24) is 14.6 Å². The van der Waals surface area contributed by atoms with Crippen molar-refractivity contribution in [2.24, 2.45) is 0 Å². The van der Waals surface area contributed by atoms with Crippen LogP contribution >= 0.6 is 23.2 Å². The maximum atomic E-state index is 12.6. The van der Waals surface area contributed by atoms with Gasteiger partial charge in [-0.25, -0.2) is 9.78 Å². The zero-order chi connectivity index (χ0) is 17.3. The van der Waals surface area contributed by atoms with Gasteiger partial charge in [0, 0.05) is 18.3 Å². The summed E-state index contributed by atoms with van der Waals surface area (Å²) in [6, 6.07) is 6.02. The molecule has 124 valence electrons. The van der Waals surface area contributed by atoms with E-state index in [2.05, 4.69) is 10.1 Å². The molecule has 2 aromatic heterocycles. The van der Waals surface area contributed by atoms with Gasteiger partial charge < -0.3 is 9.47 Å². The molecule has 0 spiro atoms.